The lowest BCUT2D eigenvalue weighted by molar-refractivity contribution is 0.0946. The quantitative estimate of drug-likeness (QED) is 0.806. The highest BCUT2D eigenvalue weighted by Crippen LogP contribution is 2.18. The number of pyridine rings is 1. The molecule has 2 aromatic heterocycles. The highest BCUT2D eigenvalue weighted by atomic mass is 16.5. The molecule has 1 saturated heterocycles. The maximum Gasteiger partial charge on any atom is 0.253 e. The van der Waals surface area contributed by atoms with Crippen LogP contribution in [0.3, 0.4) is 0 Å². The van der Waals surface area contributed by atoms with Gasteiger partial charge in [0, 0.05) is 37.9 Å². The van der Waals surface area contributed by atoms with Gasteiger partial charge in [0.25, 0.3) is 5.91 Å². The van der Waals surface area contributed by atoms with Crippen LogP contribution in [0.15, 0.2) is 28.9 Å². The molecule has 146 valence electrons. The molecule has 7 nitrogen and oxygen atoms in total. The summed E-state index contributed by atoms with van der Waals surface area (Å²) in [6.45, 7) is 7.59. The summed E-state index contributed by atoms with van der Waals surface area (Å²) in [5, 5.41) is 6.85. The lowest BCUT2D eigenvalue weighted by Gasteiger charge is -2.39. The van der Waals surface area contributed by atoms with Gasteiger partial charge in [0.1, 0.15) is 5.82 Å². The van der Waals surface area contributed by atoms with E-state index < -0.39 is 0 Å². The molecule has 1 aliphatic rings. The summed E-state index contributed by atoms with van der Waals surface area (Å²) < 4.78 is 5.24. The van der Waals surface area contributed by atoms with Gasteiger partial charge in [-0.3, -0.25) is 9.69 Å². The fourth-order valence-corrected chi connectivity index (χ4v) is 3.38. The van der Waals surface area contributed by atoms with E-state index >= 15 is 0 Å². The Morgan fingerprint density at radius 3 is 2.89 bits per heavy atom. The Morgan fingerprint density at radius 1 is 1.33 bits per heavy atom. The molecule has 1 aliphatic heterocycles. The van der Waals surface area contributed by atoms with E-state index in [9.17, 15) is 4.79 Å². The molecule has 0 aliphatic carbocycles. The van der Waals surface area contributed by atoms with Crippen LogP contribution in [0.2, 0.25) is 0 Å². The van der Waals surface area contributed by atoms with E-state index in [0.29, 0.717) is 23.9 Å². The number of nitrogens with zero attached hydrogens (tertiary/aromatic N) is 4. The van der Waals surface area contributed by atoms with E-state index in [1.807, 2.05) is 18.2 Å². The maximum absolute atomic E-state index is 12.3. The van der Waals surface area contributed by atoms with Gasteiger partial charge in [-0.15, -0.1) is 0 Å². The number of piperazine rings is 1. The van der Waals surface area contributed by atoms with E-state index in [0.717, 1.165) is 50.4 Å². The predicted molar refractivity (Wildman–Crippen MR) is 105 cm³/mol. The number of carbonyl (C=O) groups is 1. The molecule has 0 aromatic carbocycles. The number of carbonyl (C=O) groups excluding carboxylic acids is 1. The van der Waals surface area contributed by atoms with Crippen LogP contribution in [0.5, 0.6) is 0 Å². The van der Waals surface area contributed by atoms with Crippen molar-refractivity contribution < 1.29 is 9.32 Å². The average molecular weight is 371 g/mol. The molecular weight excluding hydrogens is 342 g/mol. The molecule has 1 amide bonds. The van der Waals surface area contributed by atoms with Crippen LogP contribution in [-0.4, -0.2) is 53.7 Å². The van der Waals surface area contributed by atoms with Crippen LogP contribution in [0.1, 0.15) is 48.5 Å². The van der Waals surface area contributed by atoms with Gasteiger partial charge in [-0.2, -0.15) is 0 Å². The van der Waals surface area contributed by atoms with E-state index in [-0.39, 0.29) is 5.91 Å². The lowest BCUT2D eigenvalue weighted by Crippen LogP contribution is -2.51. The van der Waals surface area contributed by atoms with Crippen molar-refractivity contribution in [1.29, 1.82) is 0 Å². The molecule has 27 heavy (non-hydrogen) atoms. The summed E-state index contributed by atoms with van der Waals surface area (Å²) in [5.41, 5.74) is 1.47. The number of amides is 1. The largest absolute Gasteiger partial charge is 0.359 e. The third-order valence-electron chi connectivity index (χ3n) is 5.12. The van der Waals surface area contributed by atoms with Crippen LogP contribution >= 0.6 is 0 Å². The second kappa shape index (κ2) is 8.99. The minimum Gasteiger partial charge on any atom is -0.359 e. The summed E-state index contributed by atoms with van der Waals surface area (Å²) in [7, 11) is 2.17. The summed E-state index contributed by atoms with van der Waals surface area (Å²) in [4.78, 5) is 21.5. The second-order valence-electron chi connectivity index (χ2n) is 7.11. The number of rotatable bonds is 7. The standard InChI is InChI=1S/C20H29N5O2/c1-4-6-16-11-18(27-23-16)13-22-20(26)15-7-8-19(21-12-15)25-10-9-24(3)17(5-2)14-25/h7-8,11-12,17H,4-6,9-10,13-14H2,1-3H3,(H,22,26)/t17-/m0/s1. The summed E-state index contributed by atoms with van der Waals surface area (Å²) in [6.07, 6.45) is 4.67. The first kappa shape index (κ1) is 19.4. The third kappa shape index (κ3) is 4.86. The number of aryl methyl sites for hydroxylation is 1. The van der Waals surface area contributed by atoms with Gasteiger partial charge in [-0.25, -0.2) is 4.98 Å². The van der Waals surface area contributed by atoms with E-state index in [1.165, 1.54) is 0 Å². The molecule has 0 radical (unpaired) electrons. The maximum atomic E-state index is 12.3. The first-order valence-electron chi connectivity index (χ1n) is 9.74. The van der Waals surface area contributed by atoms with Crippen LogP contribution < -0.4 is 10.2 Å². The van der Waals surface area contributed by atoms with Crippen LogP contribution in [-0.2, 0) is 13.0 Å². The highest BCUT2D eigenvalue weighted by Gasteiger charge is 2.23. The van der Waals surface area contributed by atoms with Crippen molar-refractivity contribution >= 4 is 11.7 Å². The molecule has 3 heterocycles. The molecule has 0 spiro atoms. The van der Waals surface area contributed by atoms with E-state index in [2.05, 4.69) is 46.2 Å². The van der Waals surface area contributed by atoms with Gasteiger partial charge in [-0.1, -0.05) is 25.4 Å². The first-order valence-corrected chi connectivity index (χ1v) is 9.74. The Bertz CT molecular complexity index is 743. The molecule has 0 saturated carbocycles. The molecule has 7 heteroatoms. The first-order chi connectivity index (χ1) is 13.1. The Kier molecular flexibility index (Phi) is 6.45. The van der Waals surface area contributed by atoms with Gasteiger partial charge in [0.2, 0.25) is 0 Å². The SMILES string of the molecule is CCCc1cc(CNC(=O)c2ccc(N3CCN(C)[C@@H](CC)C3)nc2)on1. The van der Waals surface area contributed by atoms with Crippen molar-refractivity contribution in [3.05, 3.63) is 41.4 Å². The molecular formula is C20H29N5O2. The van der Waals surface area contributed by atoms with Crippen molar-refractivity contribution in [2.45, 2.75) is 45.7 Å². The average Bonchev–Trinajstić information content (AvgIpc) is 3.14. The number of hydrogen-bond donors (Lipinski definition) is 1. The number of aromatic nitrogens is 2. The second-order valence-corrected chi connectivity index (χ2v) is 7.11. The van der Waals surface area contributed by atoms with Gasteiger partial charge < -0.3 is 14.7 Å². The molecule has 3 rings (SSSR count). The third-order valence-corrected chi connectivity index (χ3v) is 5.12. The molecule has 2 aromatic rings. The van der Waals surface area contributed by atoms with Gasteiger partial charge in [0.15, 0.2) is 5.76 Å². The normalized spacial score (nSPS) is 17.9. The van der Waals surface area contributed by atoms with Crippen LogP contribution in [0.25, 0.3) is 0 Å². The Labute approximate surface area is 160 Å². The highest BCUT2D eigenvalue weighted by molar-refractivity contribution is 5.93. The molecule has 1 atom stereocenters. The number of hydrogen-bond acceptors (Lipinski definition) is 6. The number of nitrogens with one attached hydrogen (secondary N) is 1. The van der Waals surface area contributed by atoms with Crippen molar-refractivity contribution in [2.75, 3.05) is 31.6 Å². The number of likely N-dealkylation sites (N-methyl/N-ethyl adjacent to an activating group) is 1. The predicted octanol–water partition coefficient (Wildman–Crippen LogP) is 2.48. The minimum absolute atomic E-state index is 0.160. The zero-order valence-electron chi connectivity index (χ0n) is 16.4. The van der Waals surface area contributed by atoms with Crippen molar-refractivity contribution in [3.8, 4) is 0 Å². The monoisotopic (exact) mass is 371 g/mol. The Hall–Kier alpha value is -2.41. The fourth-order valence-electron chi connectivity index (χ4n) is 3.38. The van der Waals surface area contributed by atoms with Crippen molar-refractivity contribution in [2.24, 2.45) is 0 Å². The smallest absolute Gasteiger partial charge is 0.253 e. The van der Waals surface area contributed by atoms with Gasteiger partial charge in [-0.05, 0) is 32.0 Å². The molecule has 0 bridgehead atoms. The summed E-state index contributed by atoms with van der Waals surface area (Å²) >= 11 is 0. The summed E-state index contributed by atoms with van der Waals surface area (Å²) in [5.74, 6) is 1.43. The van der Waals surface area contributed by atoms with Crippen LogP contribution in [0, 0.1) is 0 Å². The lowest BCUT2D eigenvalue weighted by atomic mass is 10.1. The Balaban J connectivity index is 1.55. The molecule has 1 fully saturated rings. The van der Waals surface area contributed by atoms with Crippen molar-refractivity contribution in [1.82, 2.24) is 20.4 Å². The fraction of sp³-hybridized carbons (Fsp3) is 0.550. The Morgan fingerprint density at radius 2 is 2.19 bits per heavy atom. The zero-order chi connectivity index (χ0) is 19.2. The summed E-state index contributed by atoms with van der Waals surface area (Å²) in [6, 6.07) is 6.20. The molecule has 0 unspecified atom stereocenters. The van der Waals surface area contributed by atoms with E-state index in [1.54, 1.807) is 6.20 Å². The van der Waals surface area contributed by atoms with Gasteiger partial charge >= 0.3 is 0 Å². The molecule has 1 N–H and O–H groups in total. The van der Waals surface area contributed by atoms with Crippen molar-refractivity contribution in [3.63, 3.8) is 0 Å². The van der Waals surface area contributed by atoms with Crippen LogP contribution in [0.4, 0.5) is 5.82 Å². The topological polar surface area (TPSA) is 74.5 Å². The number of anilines is 1. The minimum atomic E-state index is -0.160. The van der Waals surface area contributed by atoms with E-state index in [4.69, 9.17) is 4.52 Å². The van der Waals surface area contributed by atoms with Gasteiger partial charge in [0.05, 0.1) is 17.8 Å². The zero-order valence-corrected chi connectivity index (χ0v) is 16.4.